The lowest BCUT2D eigenvalue weighted by Crippen LogP contribution is -2.07. The molecule has 0 saturated heterocycles. The Balaban J connectivity index is 2.15. The van der Waals surface area contributed by atoms with E-state index in [1.165, 1.54) is 10.9 Å². The fourth-order valence-electron chi connectivity index (χ4n) is 2.21. The normalized spacial score (nSPS) is 11.7. The molecule has 0 unspecified atom stereocenters. The van der Waals surface area contributed by atoms with E-state index in [0.29, 0.717) is 23.5 Å². The van der Waals surface area contributed by atoms with E-state index in [4.69, 9.17) is 5.73 Å². The van der Waals surface area contributed by atoms with Gasteiger partial charge in [0.25, 0.3) is 0 Å². The predicted octanol–water partition coefficient (Wildman–Crippen LogP) is 3.41. The van der Waals surface area contributed by atoms with Gasteiger partial charge in [0.05, 0.1) is 11.4 Å². The molecule has 4 nitrogen and oxygen atoms in total. The number of hydrogen-bond acceptors (Lipinski definition) is 3. The first-order valence-corrected chi connectivity index (χ1v) is 6.86. The predicted molar refractivity (Wildman–Crippen MR) is 79.7 cm³/mol. The second-order valence-electron chi connectivity index (χ2n) is 4.94. The number of benzene rings is 1. The fraction of sp³-hybridized carbons (Fsp3) is 0.125. The Morgan fingerprint density at radius 3 is 2.39 bits per heavy atom. The summed E-state index contributed by atoms with van der Waals surface area (Å²) in [5.74, 6) is 0. The van der Waals surface area contributed by atoms with Crippen molar-refractivity contribution >= 4 is 0 Å². The summed E-state index contributed by atoms with van der Waals surface area (Å²) >= 11 is 0. The molecule has 2 heterocycles. The Bertz CT molecular complexity index is 792. The van der Waals surface area contributed by atoms with Crippen LogP contribution in [0.4, 0.5) is 13.2 Å². The summed E-state index contributed by atoms with van der Waals surface area (Å²) in [5, 5.41) is 3.72. The lowest BCUT2D eigenvalue weighted by molar-refractivity contribution is -0.141. The zero-order valence-electron chi connectivity index (χ0n) is 12.0. The summed E-state index contributed by atoms with van der Waals surface area (Å²) in [6.45, 7) is 0.364. The van der Waals surface area contributed by atoms with Crippen LogP contribution in [0.5, 0.6) is 0 Å². The summed E-state index contributed by atoms with van der Waals surface area (Å²) in [6.07, 6.45) is -1.45. The van der Waals surface area contributed by atoms with Crippen LogP contribution in [0.25, 0.3) is 16.9 Å². The fourth-order valence-corrected chi connectivity index (χ4v) is 2.21. The highest BCUT2D eigenvalue weighted by molar-refractivity contribution is 5.62. The highest BCUT2D eigenvalue weighted by Crippen LogP contribution is 2.32. The van der Waals surface area contributed by atoms with E-state index in [1.807, 2.05) is 0 Å². The van der Waals surface area contributed by atoms with Gasteiger partial charge in [0.1, 0.15) is 0 Å². The van der Waals surface area contributed by atoms with E-state index in [1.54, 1.807) is 42.6 Å². The SMILES string of the molecule is NCc1ccc(-n2nc(C(F)(F)F)cc2-c2cccnc2)cc1. The molecule has 0 bridgehead atoms. The van der Waals surface area contributed by atoms with Gasteiger partial charge in [-0.15, -0.1) is 0 Å². The number of nitrogens with two attached hydrogens (primary N) is 1. The first kappa shape index (κ1) is 15.2. The quantitative estimate of drug-likeness (QED) is 0.805. The molecule has 0 fully saturated rings. The van der Waals surface area contributed by atoms with Crippen molar-refractivity contribution in [3.05, 3.63) is 66.1 Å². The molecule has 0 spiro atoms. The number of rotatable bonds is 3. The molecule has 0 atom stereocenters. The van der Waals surface area contributed by atoms with Crippen LogP contribution in [0.3, 0.4) is 0 Å². The lowest BCUT2D eigenvalue weighted by atomic mass is 10.1. The molecule has 1 aromatic carbocycles. The van der Waals surface area contributed by atoms with Crippen molar-refractivity contribution < 1.29 is 13.2 Å². The Labute approximate surface area is 130 Å². The molecule has 7 heteroatoms. The molecular weight excluding hydrogens is 305 g/mol. The number of alkyl halides is 3. The van der Waals surface area contributed by atoms with Crippen LogP contribution in [-0.2, 0) is 12.7 Å². The standard InChI is InChI=1S/C16H13F3N4/c17-16(18,19)15-8-14(12-2-1-7-21-10-12)23(22-15)13-5-3-11(9-20)4-6-13/h1-8,10H,9,20H2. The summed E-state index contributed by atoms with van der Waals surface area (Å²) in [5.41, 5.74) is 6.89. The van der Waals surface area contributed by atoms with Crippen molar-refractivity contribution in [3.63, 3.8) is 0 Å². The summed E-state index contributed by atoms with van der Waals surface area (Å²) in [7, 11) is 0. The maximum atomic E-state index is 13.0. The van der Waals surface area contributed by atoms with Gasteiger partial charge in [-0.25, -0.2) is 4.68 Å². The molecule has 0 radical (unpaired) electrons. The second-order valence-corrected chi connectivity index (χ2v) is 4.94. The molecule has 2 N–H and O–H groups in total. The number of pyridine rings is 1. The molecule has 2 aromatic heterocycles. The lowest BCUT2D eigenvalue weighted by Gasteiger charge is -2.08. The number of aromatic nitrogens is 3. The first-order valence-electron chi connectivity index (χ1n) is 6.86. The van der Waals surface area contributed by atoms with E-state index in [2.05, 4.69) is 10.1 Å². The van der Waals surface area contributed by atoms with Crippen molar-refractivity contribution in [2.75, 3.05) is 0 Å². The zero-order chi connectivity index (χ0) is 16.4. The van der Waals surface area contributed by atoms with Crippen molar-refractivity contribution in [2.24, 2.45) is 5.73 Å². The zero-order valence-corrected chi connectivity index (χ0v) is 12.0. The van der Waals surface area contributed by atoms with E-state index < -0.39 is 11.9 Å². The number of nitrogens with zero attached hydrogens (tertiary/aromatic N) is 3. The highest BCUT2D eigenvalue weighted by Gasteiger charge is 2.35. The highest BCUT2D eigenvalue weighted by atomic mass is 19.4. The summed E-state index contributed by atoms with van der Waals surface area (Å²) in [6, 6.07) is 11.3. The Morgan fingerprint density at radius 2 is 1.83 bits per heavy atom. The van der Waals surface area contributed by atoms with Gasteiger partial charge in [0, 0.05) is 24.5 Å². The van der Waals surface area contributed by atoms with Crippen molar-refractivity contribution in [1.82, 2.24) is 14.8 Å². The third-order valence-electron chi connectivity index (χ3n) is 3.37. The van der Waals surface area contributed by atoms with E-state index >= 15 is 0 Å². The van der Waals surface area contributed by atoms with Gasteiger partial charge in [-0.1, -0.05) is 12.1 Å². The van der Waals surface area contributed by atoms with Gasteiger partial charge in [-0.3, -0.25) is 4.98 Å². The van der Waals surface area contributed by atoms with E-state index in [0.717, 1.165) is 11.6 Å². The smallest absolute Gasteiger partial charge is 0.326 e. The number of hydrogen-bond donors (Lipinski definition) is 1. The Kier molecular flexibility index (Phi) is 3.87. The van der Waals surface area contributed by atoms with E-state index in [9.17, 15) is 13.2 Å². The maximum absolute atomic E-state index is 13.0. The van der Waals surface area contributed by atoms with Crippen molar-refractivity contribution in [3.8, 4) is 16.9 Å². The summed E-state index contributed by atoms with van der Waals surface area (Å²) < 4.78 is 40.3. The molecule has 0 aliphatic heterocycles. The van der Waals surface area contributed by atoms with Gasteiger partial charge < -0.3 is 5.73 Å². The van der Waals surface area contributed by atoms with Gasteiger partial charge in [-0.05, 0) is 35.9 Å². The molecular formula is C16H13F3N4. The molecule has 3 rings (SSSR count). The topological polar surface area (TPSA) is 56.7 Å². The third kappa shape index (κ3) is 3.09. The van der Waals surface area contributed by atoms with Crippen LogP contribution in [0.15, 0.2) is 54.9 Å². The minimum atomic E-state index is -4.51. The average molecular weight is 318 g/mol. The summed E-state index contributed by atoms with van der Waals surface area (Å²) in [4.78, 5) is 3.96. The maximum Gasteiger partial charge on any atom is 0.435 e. The van der Waals surface area contributed by atoms with E-state index in [-0.39, 0.29) is 0 Å². The third-order valence-corrected chi connectivity index (χ3v) is 3.37. The molecule has 0 aliphatic rings. The first-order chi connectivity index (χ1) is 11.0. The molecule has 118 valence electrons. The van der Waals surface area contributed by atoms with Crippen molar-refractivity contribution in [1.29, 1.82) is 0 Å². The number of halogens is 3. The van der Waals surface area contributed by atoms with Gasteiger partial charge in [0.2, 0.25) is 0 Å². The van der Waals surface area contributed by atoms with Gasteiger partial charge in [0.15, 0.2) is 5.69 Å². The monoisotopic (exact) mass is 318 g/mol. The molecule has 0 aliphatic carbocycles. The molecule has 0 amide bonds. The van der Waals surface area contributed by atoms with Crippen LogP contribution in [0.2, 0.25) is 0 Å². The minimum Gasteiger partial charge on any atom is -0.326 e. The van der Waals surface area contributed by atoms with Crippen LogP contribution < -0.4 is 5.73 Å². The van der Waals surface area contributed by atoms with Gasteiger partial charge in [-0.2, -0.15) is 18.3 Å². The van der Waals surface area contributed by atoms with Crippen LogP contribution in [0, 0.1) is 0 Å². The average Bonchev–Trinajstić information content (AvgIpc) is 3.01. The van der Waals surface area contributed by atoms with Crippen LogP contribution in [0.1, 0.15) is 11.3 Å². The molecule has 3 aromatic rings. The Hall–Kier alpha value is -2.67. The van der Waals surface area contributed by atoms with Crippen LogP contribution >= 0.6 is 0 Å². The minimum absolute atomic E-state index is 0.325. The largest absolute Gasteiger partial charge is 0.435 e. The molecule has 0 saturated carbocycles. The van der Waals surface area contributed by atoms with Crippen LogP contribution in [-0.4, -0.2) is 14.8 Å². The van der Waals surface area contributed by atoms with Crippen molar-refractivity contribution in [2.45, 2.75) is 12.7 Å². The second kappa shape index (κ2) is 5.85. The Morgan fingerprint density at radius 1 is 1.09 bits per heavy atom. The molecule has 23 heavy (non-hydrogen) atoms. The van der Waals surface area contributed by atoms with Gasteiger partial charge >= 0.3 is 6.18 Å².